The summed E-state index contributed by atoms with van der Waals surface area (Å²) < 4.78 is 25.7. The summed E-state index contributed by atoms with van der Waals surface area (Å²) in [7, 11) is -3.50. The van der Waals surface area contributed by atoms with Crippen LogP contribution < -0.4 is 5.73 Å². The van der Waals surface area contributed by atoms with E-state index >= 15 is 0 Å². The molecule has 0 aliphatic heterocycles. The van der Waals surface area contributed by atoms with E-state index in [-0.39, 0.29) is 24.1 Å². The molecule has 2 unspecified atom stereocenters. The topological polar surface area (TPSA) is 101 Å². The van der Waals surface area contributed by atoms with E-state index in [0.717, 1.165) is 19.3 Å². The lowest BCUT2D eigenvalue weighted by atomic mass is 10.0. The third-order valence-corrected chi connectivity index (χ3v) is 5.50. The lowest BCUT2D eigenvalue weighted by Gasteiger charge is -2.30. The maximum Gasteiger partial charge on any atom is 0.304 e. The van der Waals surface area contributed by atoms with Crippen LogP contribution in [0.25, 0.3) is 0 Å². The molecule has 1 aliphatic carbocycles. The van der Waals surface area contributed by atoms with Crippen LogP contribution in [0.3, 0.4) is 0 Å². The summed E-state index contributed by atoms with van der Waals surface area (Å²) in [4.78, 5) is 10.5. The van der Waals surface area contributed by atoms with Crippen molar-refractivity contribution in [1.82, 2.24) is 4.31 Å². The molecule has 0 saturated heterocycles. The molecule has 0 bridgehead atoms. The van der Waals surface area contributed by atoms with E-state index in [4.69, 9.17) is 10.8 Å². The number of carboxylic acids is 1. The van der Waals surface area contributed by atoms with E-state index in [1.807, 2.05) is 0 Å². The highest BCUT2D eigenvalue weighted by molar-refractivity contribution is 7.89. The molecule has 0 heterocycles. The summed E-state index contributed by atoms with van der Waals surface area (Å²) in [5.74, 6) is -1.22. The Bertz CT molecular complexity index is 383. The van der Waals surface area contributed by atoms with Gasteiger partial charge >= 0.3 is 5.97 Å². The Morgan fingerprint density at radius 2 is 2.11 bits per heavy atom. The second-order valence-corrected chi connectivity index (χ2v) is 6.70. The van der Waals surface area contributed by atoms with Gasteiger partial charge in [0.15, 0.2) is 0 Å². The van der Waals surface area contributed by atoms with Gasteiger partial charge in [0.25, 0.3) is 0 Å². The fourth-order valence-electron chi connectivity index (χ4n) is 2.64. The van der Waals surface area contributed by atoms with E-state index in [0.29, 0.717) is 13.1 Å². The molecule has 7 heteroatoms. The monoisotopic (exact) mass is 278 g/mol. The van der Waals surface area contributed by atoms with Crippen LogP contribution in [0, 0.1) is 5.92 Å². The molecule has 0 amide bonds. The molecule has 1 rings (SSSR count). The average Bonchev–Trinajstić information content (AvgIpc) is 2.75. The van der Waals surface area contributed by atoms with Gasteiger partial charge in [-0.3, -0.25) is 4.79 Å². The number of nitrogens with zero attached hydrogens (tertiary/aromatic N) is 1. The molecule has 18 heavy (non-hydrogen) atoms. The Labute approximate surface area is 108 Å². The Morgan fingerprint density at radius 3 is 2.61 bits per heavy atom. The van der Waals surface area contributed by atoms with Gasteiger partial charge in [-0.2, -0.15) is 4.31 Å². The zero-order chi connectivity index (χ0) is 13.8. The number of nitrogens with two attached hydrogens (primary N) is 1. The smallest absolute Gasteiger partial charge is 0.304 e. The minimum atomic E-state index is -3.50. The molecular formula is C11H22N2O4S. The maximum atomic E-state index is 12.1. The fraction of sp³-hybridized carbons (Fsp3) is 0.909. The molecule has 0 aromatic heterocycles. The van der Waals surface area contributed by atoms with Crippen molar-refractivity contribution in [3.8, 4) is 0 Å². The second kappa shape index (κ2) is 6.49. The van der Waals surface area contributed by atoms with Crippen LogP contribution in [0.15, 0.2) is 0 Å². The van der Waals surface area contributed by atoms with E-state index in [9.17, 15) is 13.2 Å². The standard InChI is InChI=1S/C11H22N2O4S/c1-2-13(10-5-3-4-9(10)8-12)18(16,17)7-6-11(14)15/h9-10H,2-8,12H2,1H3,(H,14,15). The average molecular weight is 278 g/mol. The van der Waals surface area contributed by atoms with Crippen LogP contribution >= 0.6 is 0 Å². The number of hydrogen-bond donors (Lipinski definition) is 2. The van der Waals surface area contributed by atoms with Gasteiger partial charge in [-0.05, 0) is 25.3 Å². The molecular weight excluding hydrogens is 256 g/mol. The van der Waals surface area contributed by atoms with Gasteiger partial charge < -0.3 is 10.8 Å². The van der Waals surface area contributed by atoms with Crippen molar-refractivity contribution in [2.45, 2.75) is 38.6 Å². The Hall–Kier alpha value is -0.660. The minimum absolute atomic E-state index is 0.0567. The molecule has 106 valence electrons. The van der Waals surface area contributed by atoms with Crippen molar-refractivity contribution < 1.29 is 18.3 Å². The second-order valence-electron chi connectivity index (χ2n) is 4.66. The number of sulfonamides is 1. The van der Waals surface area contributed by atoms with Crippen LogP contribution in [0.1, 0.15) is 32.6 Å². The van der Waals surface area contributed by atoms with Gasteiger partial charge in [0.2, 0.25) is 10.0 Å². The highest BCUT2D eigenvalue weighted by Gasteiger charge is 2.36. The van der Waals surface area contributed by atoms with Crippen LogP contribution in [0.5, 0.6) is 0 Å². The van der Waals surface area contributed by atoms with Crippen molar-refractivity contribution in [2.24, 2.45) is 11.7 Å². The summed E-state index contributed by atoms with van der Waals surface area (Å²) in [6, 6.07) is -0.0567. The highest BCUT2D eigenvalue weighted by Crippen LogP contribution is 2.31. The molecule has 6 nitrogen and oxygen atoms in total. The lowest BCUT2D eigenvalue weighted by Crippen LogP contribution is -2.45. The van der Waals surface area contributed by atoms with E-state index in [1.54, 1.807) is 6.92 Å². The Morgan fingerprint density at radius 1 is 1.44 bits per heavy atom. The van der Waals surface area contributed by atoms with Gasteiger partial charge in [0.1, 0.15) is 0 Å². The number of aliphatic carboxylic acids is 1. The maximum absolute atomic E-state index is 12.1. The van der Waals surface area contributed by atoms with Crippen molar-refractivity contribution >= 4 is 16.0 Å². The molecule has 0 aromatic rings. The predicted octanol–water partition coefficient (Wildman–Crippen LogP) is 0.240. The summed E-state index contributed by atoms with van der Waals surface area (Å²) in [6.45, 7) is 2.64. The van der Waals surface area contributed by atoms with Gasteiger partial charge in [-0.25, -0.2) is 8.42 Å². The largest absolute Gasteiger partial charge is 0.481 e. The predicted molar refractivity (Wildman–Crippen MR) is 68.6 cm³/mol. The first-order chi connectivity index (χ1) is 8.42. The third kappa shape index (κ3) is 3.66. The summed E-state index contributed by atoms with van der Waals surface area (Å²) in [5.41, 5.74) is 5.67. The summed E-state index contributed by atoms with van der Waals surface area (Å²) in [5, 5.41) is 8.59. The van der Waals surface area contributed by atoms with E-state index in [2.05, 4.69) is 0 Å². The van der Waals surface area contributed by atoms with E-state index < -0.39 is 16.0 Å². The first-order valence-corrected chi connectivity index (χ1v) is 7.94. The van der Waals surface area contributed by atoms with Gasteiger partial charge in [-0.15, -0.1) is 0 Å². The van der Waals surface area contributed by atoms with Crippen LogP contribution in [-0.2, 0) is 14.8 Å². The van der Waals surface area contributed by atoms with Crippen LogP contribution in [-0.4, -0.2) is 48.7 Å². The van der Waals surface area contributed by atoms with Crippen LogP contribution in [0.4, 0.5) is 0 Å². The normalized spacial score (nSPS) is 24.6. The Balaban J connectivity index is 2.78. The summed E-state index contributed by atoms with van der Waals surface area (Å²) >= 11 is 0. The highest BCUT2D eigenvalue weighted by atomic mass is 32.2. The molecule has 0 aromatic carbocycles. The SMILES string of the molecule is CCN(C1CCCC1CN)S(=O)(=O)CCC(=O)O. The number of carbonyl (C=O) groups is 1. The molecule has 0 spiro atoms. The summed E-state index contributed by atoms with van der Waals surface area (Å²) in [6.07, 6.45) is 2.41. The zero-order valence-electron chi connectivity index (χ0n) is 10.7. The molecule has 1 saturated carbocycles. The molecule has 0 radical (unpaired) electrons. The van der Waals surface area contributed by atoms with Crippen LogP contribution in [0.2, 0.25) is 0 Å². The van der Waals surface area contributed by atoms with Gasteiger partial charge in [0, 0.05) is 12.6 Å². The zero-order valence-corrected chi connectivity index (χ0v) is 11.5. The quantitative estimate of drug-likeness (QED) is 0.694. The van der Waals surface area contributed by atoms with Crippen molar-refractivity contribution in [2.75, 3.05) is 18.8 Å². The number of carboxylic acid groups (broad SMARTS) is 1. The van der Waals surface area contributed by atoms with Gasteiger partial charge in [0.05, 0.1) is 12.2 Å². The van der Waals surface area contributed by atoms with Crippen molar-refractivity contribution in [3.63, 3.8) is 0 Å². The molecule has 2 atom stereocenters. The third-order valence-electron chi connectivity index (χ3n) is 3.53. The number of rotatable bonds is 7. The molecule has 3 N–H and O–H groups in total. The van der Waals surface area contributed by atoms with Gasteiger partial charge in [-0.1, -0.05) is 13.3 Å². The molecule has 1 fully saturated rings. The molecule has 1 aliphatic rings. The first kappa shape index (κ1) is 15.4. The van der Waals surface area contributed by atoms with E-state index in [1.165, 1.54) is 4.31 Å². The fourth-order valence-corrected chi connectivity index (χ4v) is 4.39. The van der Waals surface area contributed by atoms with Crippen molar-refractivity contribution in [1.29, 1.82) is 0 Å². The lowest BCUT2D eigenvalue weighted by molar-refractivity contribution is -0.136. The number of hydrogen-bond acceptors (Lipinski definition) is 4. The minimum Gasteiger partial charge on any atom is -0.481 e. The first-order valence-electron chi connectivity index (χ1n) is 6.33. The Kier molecular flexibility index (Phi) is 5.55. The van der Waals surface area contributed by atoms with Crippen molar-refractivity contribution in [3.05, 3.63) is 0 Å².